The van der Waals surface area contributed by atoms with Gasteiger partial charge in [0, 0.05) is 44.5 Å². The van der Waals surface area contributed by atoms with Crippen molar-refractivity contribution in [2.45, 2.75) is 39.4 Å². The average molecular weight is 219 g/mol. The first-order chi connectivity index (χ1) is 7.39. The second-order valence-electron chi connectivity index (χ2n) is 5.69. The van der Waals surface area contributed by atoms with Gasteiger partial charge in [-0.25, -0.2) is 4.98 Å². The molecule has 16 heavy (non-hydrogen) atoms. The topological polar surface area (TPSA) is 19.4 Å². The zero-order chi connectivity index (χ0) is 11.9. The molecule has 0 unspecified atom stereocenters. The van der Waals surface area contributed by atoms with Crippen LogP contribution < -0.4 is 4.90 Å². The predicted octanol–water partition coefficient (Wildman–Crippen LogP) is 2.26. The highest BCUT2D eigenvalue weighted by molar-refractivity contribution is 5.51. The lowest BCUT2D eigenvalue weighted by Gasteiger charge is -2.31. The summed E-state index contributed by atoms with van der Waals surface area (Å²) >= 11 is 0. The molecular weight excluding hydrogens is 198 g/mol. The Morgan fingerprint density at radius 3 is 2.50 bits per heavy atom. The van der Waals surface area contributed by atoms with Crippen LogP contribution >= 0.6 is 0 Å². The first-order valence-electron chi connectivity index (χ1n) is 5.79. The van der Waals surface area contributed by atoms with Crippen LogP contribution in [0.4, 0.5) is 5.82 Å². The summed E-state index contributed by atoms with van der Waals surface area (Å²) < 4.78 is 0. The van der Waals surface area contributed by atoms with Crippen LogP contribution in [0.1, 0.15) is 31.9 Å². The number of fused-ring (bicyclic) bond motifs is 1. The van der Waals surface area contributed by atoms with Gasteiger partial charge < -0.3 is 4.90 Å². The van der Waals surface area contributed by atoms with Crippen LogP contribution in [0.3, 0.4) is 0 Å². The van der Waals surface area contributed by atoms with E-state index in [4.69, 9.17) is 0 Å². The molecule has 2 rings (SSSR count). The van der Waals surface area contributed by atoms with E-state index >= 15 is 0 Å². The Morgan fingerprint density at radius 2 is 1.94 bits per heavy atom. The summed E-state index contributed by atoms with van der Waals surface area (Å²) in [5, 5.41) is 0. The summed E-state index contributed by atoms with van der Waals surface area (Å²) in [4.78, 5) is 9.06. The molecule has 0 aromatic carbocycles. The van der Waals surface area contributed by atoms with E-state index < -0.39 is 0 Å². The Kier molecular flexibility index (Phi) is 2.66. The van der Waals surface area contributed by atoms with Crippen molar-refractivity contribution in [1.29, 1.82) is 0 Å². The molecular formula is C13H21N3. The molecule has 0 saturated heterocycles. The molecule has 0 N–H and O–H groups in total. The van der Waals surface area contributed by atoms with Crippen molar-refractivity contribution in [3.8, 4) is 0 Å². The zero-order valence-corrected chi connectivity index (χ0v) is 10.9. The van der Waals surface area contributed by atoms with Gasteiger partial charge in [-0.2, -0.15) is 0 Å². The lowest BCUT2D eigenvalue weighted by Crippen LogP contribution is -2.36. The maximum Gasteiger partial charge on any atom is 0.132 e. The van der Waals surface area contributed by atoms with E-state index in [0.717, 1.165) is 18.9 Å². The minimum absolute atomic E-state index is 0.225. The molecule has 0 bridgehead atoms. The fourth-order valence-electron chi connectivity index (χ4n) is 2.15. The smallest absolute Gasteiger partial charge is 0.132 e. The summed E-state index contributed by atoms with van der Waals surface area (Å²) in [5.74, 6) is 1.12. The Morgan fingerprint density at radius 1 is 1.25 bits per heavy atom. The quantitative estimate of drug-likeness (QED) is 0.722. The van der Waals surface area contributed by atoms with Crippen LogP contribution in [0.5, 0.6) is 0 Å². The molecule has 3 heteroatoms. The highest BCUT2D eigenvalue weighted by Crippen LogP contribution is 2.32. The third kappa shape index (κ3) is 1.92. The van der Waals surface area contributed by atoms with Gasteiger partial charge >= 0.3 is 0 Å². The second-order valence-corrected chi connectivity index (χ2v) is 5.69. The van der Waals surface area contributed by atoms with Crippen LogP contribution in [0.25, 0.3) is 0 Å². The number of aromatic nitrogens is 1. The summed E-state index contributed by atoms with van der Waals surface area (Å²) in [6.07, 6.45) is 1.92. The molecule has 0 aliphatic carbocycles. The molecule has 0 saturated carbocycles. The van der Waals surface area contributed by atoms with Crippen LogP contribution in [0.15, 0.2) is 12.3 Å². The lowest BCUT2D eigenvalue weighted by molar-refractivity contribution is 0.136. The molecule has 0 fully saturated rings. The third-order valence-corrected chi connectivity index (χ3v) is 3.21. The molecule has 0 amide bonds. The highest BCUT2D eigenvalue weighted by atomic mass is 15.2. The number of anilines is 1. The molecule has 0 radical (unpaired) electrons. The van der Waals surface area contributed by atoms with Crippen molar-refractivity contribution >= 4 is 5.82 Å². The van der Waals surface area contributed by atoms with Crippen LogP contribution in [-0.2, 0) is 13.1 Å². The van der Waals surface area contributed by atoms with E-state index in [9.17, 15) is 0 Å². The predicted molar refractivity (Wildman–Crippen MR) is 67.6 cm³/mol. The fourth-order valence-corrected chi connectivity index (χ4v) is 2.15. The maximum atomic E-state index is 4.47. The van der Waals surface area contributed by atoms with Gasteiger partial charge in [0.15, 0.2) is 0 Å². The Balaban J connectivity index is 2.34. The molecule has 2 heterocycles. The van der Waals surface area contributed by atoms with Crippen molar-refractivity contribution in [3.63, 3.8) is 0 Å². The van der Waals surface area contributed by atoms with Crippen molar-refractivity contribution in [2.24, 2.45) is 0 Å². The number of pyridine rings is 1. The van der Waals surface area contributed by atoms with E-state index in [1.54, 1.807) is 0 Å². The van der Waals surface area contributed by atoms with E-state index in [1.165, 1.54) is 11.1 Å². The normalized spacial score (nSPS) is 16.3. The first kappa shape index (κ1) is 11.4. The zero-order valence-electron chi connectivity index (χ0n) is 10.9. The molecule has 1 aliphatic heterocycles. The third-order valence-electron chi connectivity index (χ3n) is 3.21. The van der Waals surface area contributed by atoms with Crippen molar-refractivity contribution in [2.75, 3.05) is 19.0 Å². The lowest BCUT2D eigenvalue weighted by atomic mass is 10.1. The van der Waals surface area contributed by atoms with Gasteiger partial charge in [-0.1, -0.05) is 0 Å². The molecule has 0 spiro atoms. The van der Waals surface area contributed by atoms with E-state index in [2.05, 4.69) is 55.7 Å². The highest BCUT2D eigenvalue weighted by Gasteiger charge is 2.30. The standard InChI is InChI=1S/C13H21N3/c1-13(2,3)16-8-10-6-7-14-12(15(4)5)11(10)9-16/h6-7H,8-9H2,1-5H3. The Hall–Kier alpha value is -1.09. The van der Waals surface area contributed by atoms with Crippen molar-refractivity contribution < 1.29 is 0 Å². The summed E-state index contributed by atoms with van der Waals surface area (Å²) in [5.41, 5.74) is 3.04. The summed E-state index contributed by atoms with van der Waals surface area (Å²) in [7, 11) is 4.12. The van der Waals surface area contributed by atoms with Gasteiger partial charge in [0.2, 0.25) is 0 Å². The molecule has 3 nitrogen and oxygen atoms in total. The number of rotatable bonds is 1. The van der Waals surface area contributed by atoms with E-state index in [-0.39, 0.29) is 5.54 Å². The average Bonchev–Trinajstić information content (AvgIpc) is 2.59. The second kappa shape index (κ2) is 3.74. The number of hydrogen-bond donors (Lipinski definition) is 0. The monoisotopic (exact) mass is 219 g/mol. The molecule has 1 aromatic rings. The Bertz CT molecular complexity index is 391. The van der Waals surface area contributed by atoms with Crippen LogP contribution in [-0.4, -0.2) is 29.5 Å². The van der Waals surface area contributed by atoms with Gasteiger partial charge in [0.05, 0.1) is 0 Å². The number of hydrogen-bond acceptors (Lipinski definition) is 3. The summed E-state index contributed by atoms with van der Waals surface area (Å²) in [6.45, 7) is 8.85. The van der Waals surface area contributed by atoms with E-state index in [0.29, 0.717) is 0 Å². The van der Waals surface area contributed by atoms with Gasteiger partial charge in [0.25, 0.3) is 0 Å². The SMILES string of the molecule is CN(C)c1nccc2c1CN(C(C)(C)C)C2. The maximum absolute atomic E-state index is 4.47. The van der Waals surface area contributed by atoms with Gasteiger partial charge in [0.1, 0.15) is 5.82 Å². The van der Waals surface area contributed by atoms with Crippen LogP contribution in [0.2, 0.25) is 0 Å². The molecule has 88 valence electrons. The minimum Gasteiger partial charge on any atom is -0.362 e. The number of nitrogens with zero attached hydrogens (tertiary/aromatic N) is 3. The van der Waals surface area contributed by atoms with Gasteiger partial charge in [-0.3, -0.25) is 4.90 Å². The first-order valence-corrected chi connectivity index (χ1v) is 5.79. The van der Waals surface area contributed by atoms with Gasteiger partial charge in [-0.15, -0.1) is 0 Å². The van der Waals surface area contributed by atoms with Crippen molar-refractivity contribution in [1.82, 2.24) is 9.88 Å². The largest absolute Gasteiger partial charge is 0.362 e. The van der Waals surface area contributed by atoms with Gasteiger partial charge in [-0.05, 0) is 32.4 Å². The molecule has 1 aromatic heterocycles. The van der Waals surface area contributed by atoms with Crippen LogP contribution in [0, 0.1) is 0 Å². The Labute approximate surface area is 98.1 Å². The van der Waals surface area contributed by atoms with Crippen molar-refractivity contribution in [3.05, 3.63) is 23.4 Å². The molecule has 1 aliphatic rings. The van der Waals surface area contributed by atoms with E-state index in [1.807, 2.05) is 6.20 Å². The fraction of sp³-hybridized carbons (Fsp3) is 0.615. The molecule has 0 atom stereocenters. The minimum atomic E-state index is 0.225. The summed E-state index contributed by atoms with van der Waals surface area (Å²) in [6, 6.07) is 2.15.